The zero-order valence-corrected chi connectivity index (χ0v) is 8.78. The highest BCUT2D eigenvalue weighted by Crippen LogP contribution is 2.09. The van der Waals surface area contributed by atoms with Gasteiger partial charge in [0.05, 0.1) is 12.7 Å². The Morgan fingerprint density at radius 1 is 1.69 bits per heavy atom. The maximum Gasteiger partial charge on any atom is 0.186 e. The van der Waals surface area contributed by atoms with Crippen LogP contribution in [-0.4, -0.2) is 30.6 Å². The second-order valence-corrected chi connectivity index (χ2v) is 3.41. The Balaban J connectivity index is 2.37. The van der Waals surface area contributed by atoms with Crippen molar-refractivity contribution in [2.45, 2.75) is 25.9 Å². The second-order valence-electron chi connectivity index (χ2n) is 3.00. The van der Waals surface area contributed by atoms with E-state index in [4.69, 9.17) is 17.0 Å². The Morgan fingerprint density at radius 3 is 3.08 bits per heavy atom. The topological polar surface area (TPSA) is 45.7 Å². The molecule has 5 heteroatoms. The van der Waals surface area contributed by atoms with E-state index in [-0.39, 0.29) is 6.10 Å². The van der Waals surface area contributed by atoms with Crippen LogP contribution in [0.2, 0.25) is 0 Å². The Labute approximate surface area is 83.7 Å². The van der Waals surface area contributed by atoms with Gasteiger partial charge in [-0.25, -0.2) is 0 Å². The van der Waals surface area contributed by atoms with Gasteiger partial charge in [-0.1, -0.05) is 0 Å². The van der Waals surface area contributed by atoms with Crippen molar-refractivity contribution in [2.24, 2.45) is 5.10 Å². The van der Waals surface area contributed by atoms with Gasteiger partial charge in [-0.05, 0) is 19.1 Å². The summed E-state index contributed by atoms with van der Waals surface area (Å²) in [6, 6.07) is 0. The van der Waals surface area contributed by atoms with Crippen molar-refractivity contribution in [3.63, 3.8) is 0 Å². The van der Waals surface area contributed by atoms with Crippen molar-refractivity contribution < 1.29 is 4.74 Å². The van der Waals surface area contributed by atoms with Crippen molar-refractivity contribution >= 4 is 23.0 Å². The van der Waals surface area contributed by atoms with E-state index in [9.17, 15) is 0 Å². The van der Waals surface area contributed by atoms with Gasteiger partial charge in [0.2, 0.25) is 0 Å². The lowest BCUT2D eigenvalue weighted by atomic mass is 10.1. The van der Waals surface area contributed by atoms with Gasteiger partial charge < -0.3 is 10.1 Å². The molecule has 0 radical (unpaired) electrons. The van der Waals surface area contributed by atoms with Gasteiger partial charge in [0.25, 0.3) is 0 Å². The highest BCUT2D eigenvalue weighted by molar-refractivity contribution is 7.80. The second kappa shape index (κ2) is 5.14. The SMILES string of the molecule is CNC(=S)N/N=C1/CCOC(C)C1. The number of hydrogen-bond acceptors (Lipinski definition) is 3. The molecule has 1 rings (SSSR count). The smallest absolute Gasteiger partial charge is 0.186 e. The van der Waals surface area contributed by atoms with Crippen LogP contribution in [-0.2, 0) is 4.74 Å². The van der Waals surface area contributed by atoms with Crippen molar-refractivity contribution in [1.29, 1.82) is 0 Å². The minimum absolute atomic E-state index is 0.275. The molecule has 1 aliphatic rings. The Morgan fingerprint density at radius 2 is 2.46 bits per heavy atom. The molecule has 1 unspecified atom stereocenters. The summed E-state index contributed by atoms with van der Waals surface area (Å²) < 4.78 is 5.38. The number of ether oxygens (including phenoxy) is 1. The van der Waals surface area contributed by atoms with Gasteiger partial charge in [-0.2, -0.15) is 5.10 Å². The fourth-order valence-corrected chi connectivity index (χ4v) is 1.20. The minimum Gasteiger partial charge on any atom is -0.378 e. The molecule has 0 saturated carbocycles. The van der Waals surface area contributed by atoms with Crippen LogP contribution in [0.3, 0.4) is 0 Å². The normalized spacial score (nSPS) is 25.7. The summed E-state index contributed by atoms with van der Waals surface area (Å²) in [5, 5.41) is 7.53. The number of nitrogens with one attached hydrogen (secondary N) is 2. The summed E-state index contributed by atoms with van der Waals surface area (Å²) in [5.41, 5.74) is 3.90. The molecule has 1 fully saturated rings. The van der Waals surface area contributed by atoms with Gasteiger partial charge in [0.15, 0.2) is 5.11 Å². The van der Waals surface area contributed by atoms with Gasteiger partial charge in [0, 0.05) is 25.6 Å². The van der Waals surface area contributed by atoms with Crippen LogP contribution in [0.15, 0.2) is 5.10 Å². The van der Waals surface area contributed by atoms with Crippen LogP contribution in [0.25, 0.3) is 0 Å². The van der Waals surface area contributed by atoms with Gasteiger partial charge >= 0.3 is 0 Å². The summed E-state index contributed by atoms with van der Waals surface area (Å²) in [6.45, 7) is 2.80. The number of hydrogen-bond donors (Lipinski definition) is 2. The first-order valence-corrected chi connectivity index (χ1v) is 4.78. The van der Waals surface area contributed by atoms with Crippen LogP contribution in [0.1, 0.15) is 19.8 Å². The van der Waals surface area contributed by atoms with E-state index in [0.29, 0.717) is 5.11 Å². The predicted molar refractivity (Wildman–Crippen MR) is 56.9 cm³/mol. The summed E-state index contributed by atoms with van der Waals surface area (Å²) in [4.78, 5) is 0. The standard InChI is InChI=1S/C8H15N3OS/c1-6-5-7(3-4-12-6)10-11-8(13)9-2/h6H,3-5H2,1-2H3,(H2,9,11,13)/b10-7-. The number of rotatable bonds is 1. The Hall–Kier alpha value is -0.680. The molecular formula is C8H15N3OS. The van der Waals surface area contributed by atoms with Crippen molar-refractivity contribution in [3.05, 3.63) is 0 Å². The first-order chi connectivity index (χ1) is 6.22. The molecule has 0 aromatic rings. The van der Waals surface area contributed by atoms with Crippen LogP contribution >= 0.6 is 12.2 Å². The van der Waals surface area contributed by atoms with Crippen LogP contribution in [0.5, 0.6) is 0 Å². The summed E-state index contributed by atoms with van der Waals surface area (Å²) in [7, 11) is 1.77. The van der Waals surface area contributed by atoms with Crippen LogP contribution in [0, 0.1) is 0 Å². The molecule has 4 nitrogen and oxygen atoms in total. The molecular weight excluding hydrogens is 186 g/mol. The van der Waals surface area contributed by atoms with Crippen molar-refractivity contribution in [3.8, 4) is 0 Å². The first kappa shape index (κ1) is 10.4. The van der Waals surface area contributed by atoms with Gasteiger partial charge in [-0.3, -0.25) is 5.43 Å². The van der Waals surface area contributed by atoms with Gasteiger partial charge in [-0.15, -0.1) is 0 Å². The highest BCUT2D eigenvalue weighted by Gasteiger charge is 2.13. The molecule has 0 aromatic carbocycles. The monoisotopic (exact) mass is 201 g/mol. The minimum atomic E-state index is 0.275. The zero-order chi connectivity index (χ0) is 9.68. The molecule has 2 N–H and O–H groups in total. The summed E-state index contributed by atoms with van der Waals surface area (Å²) in [6.07, 6.45) is 2.06. The van der Waals surface area contributed by atoms with E-state index < -0.39 is 0 Å². The first-order valence-electron chi connectivity index (χ1n) is 4.37. The van der Waals surface area contributed by atoms with Crippen LogP contribution in [0.4, 0.5) is 0 Å². The third kappa shape index (κ3) is 3.69. The van der Waals surface area contributed by atoms with E-state index in [1.54, 1.807) is 7.05 Å². The predicted octanol–water partition coefficient (Wildman–Crippen LogP) is 0.635. The maximum atomic E-state index is 5.38. The van der Waals surface area contributed by atoms with E-state index in [1.807, 2.05) is 6.92 Å². The molecule has 0 aromatic heterocycles. The fourth-order valence-electron chi connectivity index (χ4n) is 1.16. The Kier molecular flexibility index (Phi) is 4.11. The van der Waals surface area contributed by atoms with E-state index >= 15 is 0 Å². The molecule has 1 saturated heterocycles. The maximum absolute atomic E-state index is 5.38. The number of nitrogens with zero attached hydrogens (tertiary/aromatic N) is 1. The lowest BCUT2D eigenvalue weighted by molar-refractivity contribution is 0.0632. The zero-order valence-electron chi connectivity index (χ0n) is 7.96. The molecule has 0 amide bonds. The molecule has 13 heavy (non-hydrogen) atoms. The molecule has 74 valence electrons. The fraction of sp³-hybridized carbons (Fsp3) is 0.750. The molecule has 0 aliphatic carbocycles. The van der Waals surface area contributed by atoms with Crippen molar-refractivity contribution in [2.75, 3.05) is 13.7 Å². The summed E-state index contributed by atoms with van der Waals surface area (Å²) >= 11 is 4.89. The van der Waals surface area contributed by atoms with E-state index in [0.717, 1.165) is 25.2 Å². The molecule has 0 spiro atoms. The quantitative estimate of drug-likeness (QED) is 0.482. The average Bonchev–Trinajstić information content (AvgIpc) is 2.14. The Bertz CT molecular complexity index is 217. The molecule has 0 bridgehead atoms. The van der Waals surface area contributed by atoms with E-state index in [1.165, 1.54) is 0 Å². The van der Waals surface area contributed by atoms with Gasteiger partial charge in [0.1, 0.15) is 0 Å². The number of thiocarbonyl (C=S) groups is 1. The number of hydrazone groups is 1. The molecule has 1 heterocycles. The lowest BCUT2D eigenvalue weighted by Gasteiger charge is -2.20. The third-order valence-corrected chi connectivity index (χ3v) is 2.15. The third-order valence-electron chi connectivity index (χ3n) is 1.86. The largest absolute Gasteiger partial charge is 0.378 e. The highest BCUT2D eigenvalue weighted by atomic mass is 32.1. The lowest BCUT2D eigenvalue weighted by Crippen LogP contribution is -2.31. The van der Waals surface area contributed by atoms with E-state index in [2.05, 4.69) is 15.8 Å². The molecule has 1 atom stereocenters. The van der Waals surface area contributed by atoms with Crippen LogP contribution < -0.4 is 10.7 Å². The average molecular weight is 201 g/mol. The summed E-state index contributed by atoms with van der Waals surface area (Å²) in [5.74, 6) is 0. The van der Waals surface area contributed by atoms with Crippen molar-refractivity contribution in [1.82, 2.24) is 10.7 Å². The molecule has 1 aliphatic heterocycles.